The fourth-order valence-corrected chi connectivity index (χ4v) is 3.13. The maximum Gasteiger partial charge on any atom is 0.291 e. The van der Waals surface area contributed by atoms with E-state index in [2.05, 4.69) is 5.32 Å². The van der Waals surface area contributed by atoms with Gasteiger partial charge >= 0.3 is 0 Å². The average molecular weight is 427 g/mol. The normalized spacial score (nSPS) is 10.4. The highest BCUT2D eigenvalue weighted by Crippen LogP contribution is 2.36. The maximum atomic E-state index is 12.6. The highest BCUT2D eigenvalue weighted by Gasteiger charge is 2.18. The summed E-state index contributed by atoms with van der Waals surface area (Å²) in [7, 11) is 7.80. The van der Waals surface area contributed by atoms with E-state index in [1.165, 1.54) is 7.11 Å². The Kier molecular flexibility index (Phi) is 6.92. The Morgan fingerprint density at radius 2 is 1.42 bits per heavy atom. The molecule has 0 aliphatic heterocycles. The van der Waals surface area contributed by atoms with Crippen LogP contribution in [0, 0.1) is 0 Å². The molecule has 0 atom stereocenters. The van der Waals surface area contributed by atoms with Gasteiger partial charge in [0.15, 0.2) is 17.3 Å². The number of ether oxygens (including phenoxy) is 5. The van der Waals surface area contributed by atoms with E-state index in [1.54, 1.807) is 70.9 Å². The standard InChI is InChI=1S/C23H25NO7/c1-26-16-12-20(28-3)17(21(13-16)29-4)11-15-7-9-19(31-15)23(25)24-14-6-8-18(27-2)22(10-14)30-5/h6-10,12-13H,11H2,1-5H3,(H,24,25). The molecule has 31 heavy (non-hydrogen) atoms. The molecule has 0 spiro atoms. The molecule has 8 heteroatoms. The van der Waals surface area contributed by atoms with E-state index in [0.29, 0.717) is 46.6 Å². The van der Waals surface area contributed by atoms with Crippen molar-refractivity contribution in [3.8, 4) is 28.7 Å². The number of carbonyl (C=O) groups excluding carboxylic acids is 1. The van der Waals surface area contributed by atoms with Gasteiger partial charge in [-0.2, -0.15) is 0 Å². The number of methoxy groups -OCH3 is 5. The summed E-state index contributed by atoms with van der Waals surface area (Å²) in [6.45, 7) is 0. The number of benzene rings is 2. The van der Waals surface area contributed by atoms with E-state index >= 15 is 0 Å². The Bertz CT molecular complexity index is 1030. The van der Waals surface area contributed by atoms with Gasteiger partial charge in [0.25, 0.3) is 5.91 Å². The minimum Gasteiger partial charge on any atom is -0.496 e. The molecule has 3 rings (SSSR count). The summed E-state index contributed by atoms with van der Waals surface area (Å²) in [6, 6.07) is 12.0. The van der Waals surface area contributed by atoms with Crippen LogP contribution < -0.4 is 29.0 Å². The lowest BCUT2D eigenvalue weighted by Gasteiger charge is -2.14. The molecule has 3 aromatic rings. The molecule has 2 aromatic carbocycles. The van der Waals surface area contributed by atoms with E-state index in [4.69, 9.17) is 28.1 Å². The van der Waals surface area contributed by atoms with Crippen LogP contribution in [-0.2, 0) is 6.42 Å². The van der Waals surface area contributed by atoms with Crippen LogP contribution in [0.4, 0.5) is 5.69 Å². The summed E-state index contributed by atoms with van der Waals surface area (Å²) in [6.07, 6.45) is 0.375. The molecule has 0 aliphatic rings. The van der Waals surface area contributed by atoms with Crippen LogP contribution in [0.5, 0.6) is 28.7 Å². The van der Waals surface area contributed by atoms with E-state index in [-0.39, 0.29) is 11.7 Å². The van der Waals surface area contributed by atoms with Gasteiger partial charge in [-0.3, -0.25) is 4.79 Å². The molecule has 0 saturated heterocycles. The minimum atomic E-state index is -0.382. The van der Waals surface area contributed by atoms with E-state index in [9.17, 15) is 4.79 Å². The third-order valence-corrected chi connectivity index (χ3v) is 4.69. The van der Waals surface area contributed by atoms with Crippen molar-refractivity contribution < 1.29 is 32.9 Å². The lowest BCUT2D eigenvalue weighted by atomic mass is 10.1. The van der Waals surface area contributed by atoms with Crippen LogP contribution in [0.2, 0.25) is 0 Å². The third kappa shape index (κ3) is 4.85. The number of rotatable bonds is 9. The molecule has 0 aliphatic carbocycles. The Morgan fingerprint density at radius 3 is 2.00 bits per heavy atom. The first-order chi connectivity index (χ1) is 15.0. The van der Waals surface area contributed by atoms with Crippen LogP contribution in [0.1, 0.15) is 21.9 Å². The second-order valence-electron chi connectivity index (χ2n) is 6.48. The molecule has 1 aromatic heterocycles. The monoisotopic (exact) mass is 427 g/mol. The summed E-state index contributed by atoms with van der Waals surface area (Å²) in [4.78, 5) is 12.6. The molecular formula is C23H25NO7. The smallest absolute Gasteiger partial charge is 0.291 e. The zero-order chi connectivity index (χ0) is 22.4. The number of hydrogen-bond donors (Lipinski definition) is 1. The summed E-state index contributed by atoms with van der Waals surface area (Å²) < 4.78 is 32.5. The highest BCUT2D eigenvalue weighted by atomic mass is 16.5. The molecule has 0 saturated carbocycles. The largest absolute Gasteiger partial charge is 0.496 e. The molecule has 1 heterocycles. The number of furan rings is 1. The van der Waals surface area contributed by atoms with E-state index in [1.807, 2.05) is 0 Å². The van der Waals surface area contributed by atoms with Crippen molar-refractivity contribution >= 4 is 11.6 Å². The first-order valence-corrected chi connectivity index (χ1v) is 9.43. The van der Waals surface area contributed by atoms with Crippen molar-refractivity contribution in [2.75, 3.05) is 40.9 Å². The topological polar surface area (TPSA) is 88.4 Å². The molecule has 0 fully saturated rings. The Hall–Kier alpha value is -3.81. The van der Waals surface area contributed by atoms with Gasteiger partial charge in [0, 0.05) is 35.9 Å². The number of anilines is 1. The van der Waals surface area contributed by atoms with Gasteiger partial charge in [0.05, 0.1) is 35.5 Å². The molecule has 0 radical (unpaired) electrons. The Labute approximate surface area is 180 Å². The van der Waals surface area contributed by atoms with Gasteiger partial charge in [-0.05, 0) is 24.3 Å². The molecular weight excluding hydrogens is 402 g/mol. The lowest BCUT2D eigenvalue weighted by molar-refractivity contribution is 0.0995. The molecule has 8 nitrogen and oxygen atoms in total. The number of amides is 1. The van der Waals surface area contributed by atoms with Gasteiger partial charge in [0.1, 0.15) is 23.0 Å². The van der Waals surface area contributed by atoms with Gasteiger partial charge in [0.2, 0.25) is 0 Å². The van der Waals surface area contributed by atoms with Crippen molar-refractivity contribution in [2.24, 2.45) is 0 Å². The Balaban J connectivity index is 1.78. The van der Waals surface area contributed by atoms with E-state index in [0.717, 1.165) is 5.56 Å². The second kappa shape index (κ2) is 9.80. The maximum absolute atomic E-state index is 12.6. The third-order valence-electron chi connectivity index (χ3n) is 4.69. The zero-order valence-electron chi connectivity index (χ0n) is 18.1. The summed E-state index contributed by atoms with van der Waals surface area (Å²) in [5.74, 6) is 3.28. The first-order valence-electron chi connectivity index (χ1n) is 9.43. The number of hydrogen-bond acceptors (Lipinski definition) is 7. The predicted octanol–water partition coefficient (Wildman–Crippen LogP) is 4.17. The van der Waals surface area contributed by atoms with Crippen molar-refractivity contribution in [2.45, 2.75) is 6.42 Å². The SMILES string of the molecule is COc1cc(OC)c(Cc2ccc(C(=O)Nc3ccc(OC)c(OC)c3)o2)c(OC)c1. The van der Waals surface area contributed by atoms with Crippen LogP contribution >= 0.6 is 0 Å². The van der Waals surface area contributed by atoms with Crippen LogP contribution in [0.15, 0.2) is 46.9 Å². The van der Waals surface area contributed by atoms with Gasteiger partial charge in [-0.1, -0.05) is 0 Å². The zero-order valence-corrected chi connectivity index (χ0v) is 18.1. The number of carbonyl (C=O) groups is 1. The molecule has 0 unspecified atom stereocenters. The lowest BCUT2D eigenvalue weighted by Crippen LogP contribution is -2.11. The quantitative estimate of drug-likeness (QED) is 0.548. The first kappa shape index (κ1) is 21.9. The van der Waals surface area contributed by atoms with Crippen molar-refractivity contribution in [1.82, 2.24) is 0 Å². The fraction of sp³-hybridized carbons (Fsp3) is 0.261. The van der Waals surface area contributed by atoms with Crippen molar-refractivity contribution in [1.29, 1.82) is 0 Å². The van der Waals surface area contributed by atoms with Crippen LogP contribution in [-0.4, -0.2) is 41.5 Å². The van der Waals surface area contributed by atoms with Gasteiger partial charge in [-0.15, -0.1) is 0 Å². The van der Waals surface area contributed by atoms with Gasteiger partial charge in [-0.25, -0.2) is 0 Å². The molecule has 0 bridgehead atoms. The molecule has 1 N–H and O–H groups in total. The van der Waals surface area contributed by atoms with Crippen molar-refractivity contribution in [3.63, 3.8) is 0 Å². The minimum absolute atomic E-state index is 0.177. The van der Waals surface area contributed by atoms with Gasteiger partial charge < -0.3 is 33.4 Å². The van der Waals surface area contributed by atoms with E-state index < -0.39 is 0 Å². The number of nitrogens with one attached hydrogen (secondary N) is 1. The van der Waals surface area contributed by atoms with Crippen LogP contribution in [0.3, 0.4) is 0 Å². The predicted molar refractivity (Wildman–Crippen MR) is 115 cm³/mol. The summed E-state index contributed by atoms with van der Waals surface area (Å²) in [5, 5.41) is 2.79. The van der Waals surface area contributed by atoms with Crippen molar-refractivity contribution in [3.05, 3.63) is 59.5 Å². The average Bonchev–Trinajstić information content (AvgIpc) is 3.27. The fourth-order valence-electron chi connectivity index (χ4n) is 3.13. The highest BCUT2D eigenvalue weighted by molar-refractivity contribution is 6.02. The summed E-state index contributed by atoms with van der Waals surface area (Å²) in [5.41, 5.74) is 1.34. The Morgan fingerprint density at radius 1 is 0.774 bits per heavy atom. The molecule has 1 amide bonds. The summed E-state index contributed by atoms with van der Waals surface area (Å²) >= 11 is 0. The van der Waals surface area contributed by atoms with Crippen LogP contribution in [0.25, 0.3) is 0 Å². The molecule has 164 valence electrons. The second-order valence-corrected chi connectivity index (χ2v) is 6.48.